The van der Waals surface area contributed by atoms with Gasteiger partial charge >= 0.3 is 0 Å². The number of amides is 2. The molecule has 9 heteroatoms. The molecule has 1 heterocycles. The van der Waals surface area contributed by atoms with Crippen molar-refractivity contribution < 1.29 is 24.6 Å². The van der Waals surface area contributed by atoms with Crippen molar-refractivity contribution in [3.63, 3.8) is 0 Å². The van der Waals surface area contributed by atoms with E-state index in [4.69, 9.17) is 4.84 Å². The fraction of sp³-hybridized carbons (Fsp3) is 0.600. The SMILES string of the molecule is C[C@@H]1[C@@H](NC(=O)[C@@H]2[C@H]([C@H](C)O)[C@H](CO)ON2Cc2cccc(-c3cccc(C(=O)NCCN(C)C)c3)c2)C[C@@H]2C[C@H]1C2(C)C. The molecule has 2 aromatic carbocycles. The summed E-state index contributed by atoms with van der Waals surface area (Å²) < 4.78 is 0. The minimum Gasteiger partial charge on any atom is -0.394 e. The average Bonchev–Trinajstić information content (AvgIpc) is 3.36. The van der Waals surface area contributed by atoms with Gasteiger partial charge in [-0.3, -0.25) is 14.4 Å². The van der Waals surface area contributed by atoms with Gasteiger partial charge in [-0.2, -0.15) is 5.06 Å². The molecular formula is C35H50N4O5. The van der Waals surface area contributed by atoms with E-state index >= 15 is 0 Å². The molecule has 0 aromatic heterocycles. The fourth-order valence-electron chi connectivity index (χ4n) is 7.85. The Morgan fingerprint density at radius 2 is 1.82 bits per heavy atom. The zero-order chi connectivity index (χ0) is 31.8. The Labute approximate surface area is 261 Å². The summed E-state index contributed by atoms with van der Waals surface area (Å²) in [6.07, 6.45) is 0.652. The van der Waals surface area contributed by atoms with Gasteiger partial charge in [-0.15, -0.1) is 0 Å². The van der Waals surface area contributed by atoms with Crippen molar-refractivity contribution in [3.8, 4) is 11.1 Å². The standard InChI is InChI=1S/C35H50N4O5/c1-21-28-17-27(35(28,3)4)18-29(21)37-34(43)32-31(22(2)41)30(20-40)44-39(32)19-23-9-7-10-24(15-23)25-11-8-12-26(16-25)33(42)36-13-14-38(5)6/h7-12,15-16,21-22,27-32,40-41H,13-14,17-20H2,1-6H3,(H,36,42)(H,37,43)/t21-,22-,27-,28+,29-,30-,31+,32-/m0/s1. The minimum absolute atomic E-state index is 0.0830. The Hall–Kier alpha value is -2.82. The predicted molar refractivity (Wildman–Crippen MR) is 170 cm³/mol. The number of benzene rings is 2. The highest BCUT2D eigenvalue weighted by atomic mass is 16.7. The van der Waals surface area contributed by atoms with Gasteiger partial charge in [0.15, 0.2) is 0 Å². The van der Waals surface area contributed by atoms with E-state index in [1.807, 2.05) is 67.5 Å². The molecule has 2 amide bonds. The van der Waals surface area contributed by atoms with Crippen molar-refractivity contribution in [2.45, 2.75) is 71.4 Å². The van der Waals surface area contributed by atoms with Crippen LogP contribution in [0.2, 0.25) is 0 Å². The summed E-state index contributed by atoms with van der Waals surface area (Å²) >= 11 is 0. The molecule has 2 bridgehead atoms. The number of aliphatic hydroxyl groups is 2. The third kappa shape index (κ3) is 6.58. The fourth-order valence-corrected chi connectivity index (χ4v) is 7.85. The summed E-state index contributed by atoms with van der Waals surface area (Å²) in [4.78, 5) is 34.9. The van der Waals surface area contributed by atoms with Crippen LogP contribution in [-0.2, 0) is 16.2 Å². The number of fused-ring (bicyclic) bond motifs is 2. The van der Waals surface area contributed by atoms with Gasteiger partial charge in [-0.1, -0.05) is 51.1 Å². The lowest BCUT2D eigenvalue weighted by Gasteiger charge is -2.62. The Morgan fingerprint density at radius 1 is 1.11 bits per heavy atom. The summed E-state index contributed by atoms with van der Waals surface area (Å²) in [7, 11) is 3.94. The number of hydrogen-bond donors (Lipinski definition) is 4. The highest BCUT2D eigenvalue weighted by Gasteiger charge is 2.57. The van der Waals surface area contributed by atoms with Crippen molar-refractivity contribution >= 4 is 11.8 Å². The number of hydroxylamine groups is 2. The van der Waals surface area contributed by atoms with Crippen LogP contribution in [0, 0.1) is 29.1 Å². The molecule has 1 saturated heterocycles. The first-order chi connectivity index (χ1) is 20.9. The molecule has 8 atom stereocenters. The largest absolute Gasteiger partial charge is 0.394 e. The maximum absolute atomic E-state index is 14.0. The van der Waals surface area contributed by atoms with Crippen LogP contribution in [0.4, 0.5) is 0 Å². The molecule has 6 rings (SSSR count). The molecule has 44 heavy (non-hydrogen) atoms. The minimum atomic E-state index is -0.845. The number of carbonyl (C=O) groups excluding carboxylic acids is 2. The number of nitrogens with one attached hydrogen (secondary N) is 2. The first kappa shape index (κ1) is 32.6. The maximum Gasteiger partial charge on any atom is 0.251 e. The molecule has 3 saturated carbocycles. The van der Waals surface area contributed by atoms with Crippen molar-refractivity contribution in [1.82, 2.24) is 20.6 Å². The molecule has 4 N–H and O–H groups in total. The number of likely N-dealkylation sites (N-methyl/N-ethyl adjacent to an activating group) is 1. The lowest BCUT2D eigenvalue weighted by Crippen LogP contribution is -2.62. The first-order valence-corrected chi connectivity index (χ1v) is 16.1. The van der Waals surface area contributed by atoms with Crippen molar-refractivity contribution in [1.29, 1.82) is 0 Å². The average molecular weight is 607 g/mol. The van der Waals surface area contributed by atoms with Crippen LogP contribution in [0.5, 0.6) is 0 Å². The number of aliphatic hydroxyl groups excluding tert-OH is 2. The summed E-state index contributed by atoms with van der Waals surface area (Å²) in [6.45, 7) is 9.92. The monoisotopic (exact) mass is 606 g/mol. The van der Waals surface area contributed by atoms with E-state index in [1.54, 1.807) is 12.0 Å². The van der Waals surface area contributed by atoms with Crippen LogP contribution >= 0.6 is 0 Å². The van der Waals surface area contributed by atoms with E-state index in [9.17, 15) is 19.8 Å². The van der Waals surface area contributed by atoms with Gasteiger partial charge in [0.25, 0.3) is 5.91 Å². The van der Waals surface area contributed by atoms with Crippen LogP contribution in [-0.4, -0.2) is 90.1 Å². The molecule has 4 fully saturated rings. The Morgan fingerprint density at radius 3 is 2.45 bits per heavy atom. The second kappa shape index (κ2) is 13.3. The molecule has 0 spiro atoms. The molecule has 240 valence electrons. The molecule has 3 aliphatic carbocycles. The molecule has 1 aliphatic heterocycles. The molecule has 4 aliphatic rings. The molecule has 0 radical (unpaired) electrons. The first-order valence-electron chi connectivity index (χ1n) is 16.1. The summed E-state index contributed by atoms with van der Waals surface area (Å²) in [5.74, 6) is 0.716. The van der Waals surface area contributed by atoms with Gasteiger partial charge in [0.2, 0.25) is 5.91 Å². The van der Waals surface area contributed by atoms with Crippen LogP contribution in [0.3, 0.4) is 0 Å². The van der Waals surface area contributed by atoms with E-state index in [2.05, 4.69) is 31.4 Å². The third-order valence-electron chi connectivity index (χ3n) is 10.6. The van der Waals surface area contributed by atoms with E-state index in [-0.39, 0.29) is 24.5 Å². The number of nitrogens with zero attached hydrogens (tertiary/aromatic N) is 2. The second-order valence-corrected chi connectivity index (χ2v) is 14.1. The highest BCUT2D eigenvalue weighted by Crippen LogP contribution is 2.61. The quantitative estimate of drug-likeness (QED) is 0.310. The Bertz CT molecular complexity index is 1330. The van der Waals surface area contributed by atoms with Crippen LogP contribution in [0.1, 0.15) is 56.5 Å². The number of carbonyl (C=O) groups is 2. The van der Waals surface area contributed by atoms with E-state index in [1.165, 1.54) is 6.42 Å². The van der Waals surface area contributed by atoms with Crippen LogP contribution in [0.25, 0.3) is 11.1 Å². The van der Waals surface area contributed by atoms with Gasteiger partial charge in [-0.25, -0.2) is 0 Å². The van der Waals surface area contributed by atoms with Crippen LogP contribution < -0.4 is 10.6 Å². The van der Waals surface area contributed by atoms with E-state index < -0.39 is 24.2 Å². The third-order valence-corrected chi connectivity index (χ3v) is 10.6. The molecule has 2 aromatic rings. The van der Waals surface area contributed by atoms with Gasteiger partial charge in [0.1, 0.15) is 12.1 Å². The number of hydrogen-bond acceptors (Lipinski definition) is 7. The Balaban J connectivity index is 1.32. The topological polar surface area (TPSA) is 114 Å². The lowest BCUT2D eigenvalue weighted by atomic mass is 9.45. The zero-order valence-corrected chi connectivity index (χ0v) is 27.0. The number of rotatable bonds is 11. The highest BCUT2D eigenvalue weighted by molar-refractivity contribution is 5.95. The van der Waals surface area contributed by atoms with Gasteiger partial charge in [-0.05, 0) is 91.9 Å². The Kier molecular flexibility index (Phi) is 9.82. The lowest BCUT2D eigenvalue weighted by molar-refractivity contribution is -0.183. The molecule has 0 unspecified atom stereocenters. The van der Waals surface area contributed by atoms with Gasteiger partial charge < -0.3 is 25.7 Å². The molecule has 9 nitrogen and oxygen atoms in total. The normalized spacial score (nSPS) is 30.1. The van der Waals surface area contributed by atoms with Crippen molar-refractivity contribution in [3.05, 3.63) is 59.7 Å². The van der Waals surface area contributed by atoms with Crippen molar-refractivity contribution in [2.75, 3.05) is 33.8 Å². The maximum atomic E-state index is 14.0. The summed E-state index contributed by atoms with van der Waals surface area (Å²) in [6, 6.07) is 14.8. The van der Waals surface area contributed by atoms with Crippen molar-refractivity contribution in [2.24, 2.45) is 29.1 Å². The smallest absolute Gasteiger partial charge is 0.251 e. The van der Waals surface area contributed by atoms with E-state index in [0.29, 0.717) is 41.8 Å². The van der Waals surface area contributed by atoms with Gasteiger partial charge in [0, 0.05) is 30.6 Å². The summed E-state index contributed by atoms with van der Waals surface area (Å²) in [5.41, 5.74) is 3.67. The van der Waals surface area contributed by atoms with E-state index in [0.717, 1.165) is 29.7 Å². The second-order valence-electron chi connectivity index (χ2n) is 14.1. The van der Waals surface area contributed by atoms with Gasteiger partial charge in [0.05, 0.1) is 19.3 Å². The zero-order valence-electron chi connectivity index (χ0n) is 27.0. The predicted octanol–water partition coefficient (Wildman–Crippen LogP) is 3.31. The molecular weight excluding hydrogens is 556 g/mol. The van der Waals surface area contributed by atoms with Crippen LogP contribution in [0.15, 0.2) is 48.5 Å². The summed E-state index contributed by atoms with van der Waals surface area (Å²) in [5, 5.41) is 28.8.